The standard InChI is InChI=1S/C23H30N4O4/c1-2-10-25-12-14-26(15-13-25)11-4-6-16-5-3-7-17-20(16)23(31)27(22(17)30)18-8-9-19(28)24-21(18)29/h3,5,7,18H,2,4,6,8-15H2,1H3,(H,24,28,29). The molecular formula is C23H30N4O4. The molecule has 1 unspecified atom stereocenters. The average molecular weight is 427 g/mol. The number of carbonyl (C=O) groups excluding carboxylic acids is 4. The van der Waals surface area contributed by atoms with Gasteiger partial charge in [-0.3, -0.25) is 29.4 Å². The van der Waals surface area contributed by atoms with E-state index in [2.05, 4.69) is 22.0 Å². The van der Waals surface area contributed by atoms with Crippen molar-refractivity contribution in [1.29, 1.82) is 0 Å². The molecule has 0 saturated carbocycles. The molecule has 1 atom stereocenters. The predicted molar refractivity (Wildman–Crippen MR) is 115 cm³/mol. The molecule has 31 heavy (non-hydrogen) atoms. The number of carbonyl (C=O) groups is 4. The van der Waals surface area contributed by atoms with Gasteiger partial charge in [0.05, 0.1) is 11.1 Å². The minimum Gasteiger partial charge on any atom is -0.301 e. The van der Waals surface area contributed by atoms with Crippen molar-refractivity contribution in [3.8, 4) is 0 Å². The van der Waals surface area contributed by atoms with Crippen LogP contribution in [-0.4, -0.2) is 83.6 Å². The molecule has 2 saturated heterocycles. The van der Waals surface area contributed by atoms with Gasteiger partial charge in [0.1, 0.15) is 6.04 Å². The normalized spacial score (nSPS) is 22.7. The Bertz CT molecular complexity index is 892. The molecule has 2 fully saturated rings. The highest BCUT2D eigenvalue weighted by molar-refractivity contribution is 6.24. The number of aryl methyl sites for hydroxylation is 1. The van der Waals surface area contributed by atoms with E-state index in [4.69, 9.17) is 0 Å². The van der Waals surface area contributed by atoms with Crippen molar-refractivity contribution in [2.24, 2.45) is 0 Å². The molecule has 0 spiro atoms. The minimum absolute atomic E-state index is 0.127. The summed E-state index contributed by atoms with van der Waals surface area (Å²) in [6.45, 7) is 8.65. The third-order valence-electron chi connectivity index (χ3n) is 6.48. The second-order valence-corrected chi connectivity index (χ2v) is 8.57. The summed E-state index contributed by atoms with van der Waals surface area (Å²) in [4.78, 5) is 55.7. The second kappa shape index (κ2) is 9.28. The van der Waals surface area contributed by atoms with Crippen LogP contribution in [-0.2, 0) is 16.0 Å². The zero-order valence-corrected chi connectivity index (χ0v) is 18.1. The van der Waals surface area contributed by atoms with Gasteiger partial charge in [-0.2, -0.15) is 0 Å². The first-order valence-electron chi connectivity index (χ1n) is 11.3. The monoisotopic (exact) mass is 426 g/mol. The lowest BCUT2D eigenvalue weighted by atomic mass is 9.99. The molecule has 0 bridgehead atoms. The summed E-state index contributed by atoms with van der Waals surface area (Å²) < 4.78 is 0. The van der Waals surface area contributed by atoms with Crippen LogP contribution in [0.15, 0.2) is 18.2 Å². The Morgan fingerprint density at radius 1 is 0.968 bits per heavy atom. The number of benzene rings is 1. The van der Waals surface area contributed by atoms with Crippen molar-refractivity contribution < 1.29 is 19.2 Å². The van der Waals surface area contributed by atoms with E-state index in [0.717, 1.165) is 56.2 Å². The van der Waals surface area contributed by atoms with Crippen LogP contribution in [0, 0.1) is 0 Å². The number of piperidine rings is 1. The highest BCUT2D eigenvalue weighted by atomic mass is 16.2. The molecule has 0 aliphatic carbocycles. The zero-order chi connectivity index (χ0) is 22.0. The van der Waals surface area contributed by atoms with Gasteiger partial charge in [-0.25, -0.2) is 0 Å². The maximum absolute atomic E-state index is 13.1. The predicted octanol–water partition coefficient (Wildman–Crippen LogP) is 1.05. The van der Waals surface area contributed by atoms with Gasteiger partial charge < -0.3 is 9.80 Å². The summed E-state index contributed by atoms with van der Waals surface area (Å²) in [7, 11) is 0. The Morgan fingerprint density at radius 3 is 2.35 bits per heavy atom. The summed E-state index contributed by atoms with van der Waals surface area (Å²) in [6.07, 6.45) is 3.10. The van der Waals surface area contributed by atoms with Crippen molar-refractivity contribution in [3.05, 3.63) is 34.9 Å². The van der Waals surface area contributed by atoms with Gasteiger partial charge in [0.25, 0.3) is 11.8 Å². The molecule has 166 valence electrons. The van der Waals surface area contributed by atoms with Gasteiger partial charge >= 0.3 is 0 Å². The molecule has 8 heteroatoms. The maximum atomic E-state index is 13.1. The molecule has 1 N–H and O–H groups in total. The smallest absolute Gasteiger partial charge is 0.262 e. The Hall–Kier alpha value is -2.58. The largest absolute Gasteiger partial charge is 0.301 e. The molecule has 3 heterocycles. The maximum Gasteiger partial charge on any atom is 0.262 e. The molecule has 3 aliphatic heterocycles. The van der Waals surface area contributed by atoms with Crippen molar-refractivity contribution >= 4 is 23.6 Å². The van der Waals surface area contributed by atoms with E-state index < -0.39 is 23.8 Å². The lowest BCUT2D eigenvalue weighted by Crippen LogP contribution is -2.54. The molecule has 3 aliphatic rings. The van der Waals surface area contributed by atoms with E-state index in [-0.39, 0.29) is 18.7 Å². The molecule has 1 aromatic carbocycles. The van der Waals surface area contributed by atoms with Crippen molar-refractivity contribution in [1.82, 2.24) is 20.0 Å². The summed E-state index contributed by atoms with van der Waals surface area (Å²) in [5.41, 5.74) is 1.64. The number of rotatable bonds is 7. The third kappa shape index (κ3) is 4.41. The lowest BCUT2D eigenvalue weighted by Gasteiger charge is -2.34. The number of fused-ring (bicyclic) bond motifs is 1. The van der Waals surface area contributed by atoms with Crippen molar-refractivity contribution in [3.63, 3.8) is 0 Å². The number of nitrogens with one attached hydrogen (secondary N) is 1. The second-order valence-electron chi connectivity index (χ2n) is 8.57. The number of piperazine rings is 1. The fraction of sp³-hybridized carbons (Fsp3) is 0.565. The van der Waals surface area contributed by atoms with Gasteiger partial charge in [-0.05, 0) is 50.4 Å². The summed E-state index contributed by atoms with van der Waals surface area (Å²) in [6, 6.07) is 4.43. The van der Waals surface area contributed by atoms with Crippen LogP contribution >= 0.6 is 0 Å². The summed E-state index contributed by atoms with van der Waals surface area (Å²) in [5, 5.41) is 2.24. The Balaban J connectivity index is 1.40. The number of nitrogens with zero attached hydrogens (tertiary/aromatic N) is 3. The van der Waals surface area contributed by atoms with Gasteiger partial charge in [-0.1, -0.05) is 19.1 Å². The zero-order valence-electron chi connectivity index (χ0n) is 18.1. The van der Waals surface area contributed by atoms with E-state index >= 15 is 0 Å². The summed E-state index contributed by atoms with van der Waals surface area (Å²) in [5.74, 6) is -1.80. The van der Waals surface area contributed by atoms with Crippen LogP contribution in [0.3, 0.4) is 0 Å². The molecule has 0 radical (unpaired) electrons. The quantitative estimate of drug-likeness (QED) is 0.656. The Kier molecular flexibility index (Phi) is 6.48. The van der Waals surface area contributed by atoms with Crippen molar-refractivity contribution in [2.75, 3.05) is 39.3 Å². The molecule has 8 nitrogen and oxygen atoms in total. The molecule has 1 aromatic rings. The van der Waals surface area contributed by atoms with E-state index in [1.165, 1.54) is 6.42 Å². The first-order chi connectivity index (χ1) is 15.0. The van der Waals surface area contributed by atoms with Crippen molar-refractivity contribution in [2.45, 2.75) is 45.1 Å². The summed E-state index contributed by atoms with van der Waals surface area (Å²) >= 11 is 0. The van der Waals surface area contributed by atoms with E-state index in [1.54, 1.807) is 12.1 Å². The SMILES string of the molecule is CCCN1CCN(CCCc2cccc3c2C(=O)N(C2CCC(=O)NC2=O)C3=O)CC1. The topological polar surface area (TPSA) is 90.0 Å². The number of amides is 4. The van der Waals surface area contributed by atoms with E-state index in [0.29, 0.717) is 17.5 Å². The molecule has 4 rings (SSSR count). The Morgan fingerprint density at radius 2 is 1.68 bits per heavy atom. The van der Waals surface area contributed by atoms with Gasteiger partial charge in [0, 0.05) is 32.6 Å². The highest BCUT2D eigenvalue weighted by Crippen LogP contribution is 2.30. The van der Waals surface area contributed by atoms with Crippen LogP contribution < -0.4 is 5.32 Å². The van der Waals surface area contributed by atoms with Crippen LogP contribution in [0.5, 0.6) is 0 Å². The Labute approximate surface area is 182 Å². The van der Waals surface area contributed by atoms with Gasteiger partial charge in [-0.15, -0.1) is 0 Å². The van der Waals surface area contributed by atoms with Gasteiger partial charge in [0.15, 0.2) is 0 Å². The molecular weight excluding hydrogens is 396 g/mol. The first kappa shape index (κ1) is 21.6. The number of hydrogen-bond donors (Lipinski definition) is 1. The highest BCUT2D eigenvalue weighted by Gasteiger charge is 2.45. The fourth-order valence-corrected chi connectivity index (χ4v) is 4.84. The number of imide groups is 2. The minimum atomic E-state index is -0.919. The van der Waals surface area contributed by atoms with Crippen LogP contribution in [0.2, 0.25) is 0 Å². The third-order valence-corrected chi connectivity index (χ3v) is 6.48. The first-order valence-corrected chi connectivity index (χ1v) is 11.3. The van der Waals surface area contributed by atoms with E-state index in [9.17, 15) is 19.2 Å². The molecule has 0 aromatic heterocycles. The number of hydrogen-bond acceptors (Lipinski definition) is 6. The van der Waals surface area contributed by atoms with Crippen LogP contribution in [0.1, 0.15) is 58.9 Å². The van der Waals surface area contributed by atoms with E-state index in [1.807, 2.05) is 6.07 Å². The van der Waals surface area contributed by atoms with Crippen LogP contribution in [0.4, 0.5) is 0 Å². The average Bonchev–Trinajstić information content (AvgIpc) is 3.01. The lowest BCUT2D eigenvalue weighted by molar-refractivity contribution is -0.136. The molecule has 4 amide bonds. The fourth-order valence-electron chi connectivity index (χ4n) is 4.84. The van der Waals surface area contributed by atoms with Crippen LogP contribution in [0.25, 0.3) is 0 Å². The van der Waals surface area contributed by atoms with Gasteiger partial charge in [0.2, 0.25) is 11.8 Å².